The van der Waals surface area contributed by atoms with E-state index in [4.69, 9.17) is 9.47 Å². The normalized spacial score (nSPS) is 14.8. The second-order valence-electron chi connectivity index (χ2n) is 4.48. The van der Waals surface area contributed by atoms with Crippen LogP contribution in [0.4, 0.5) is 0 Å². The van der Waals surface area contributed by atoms with Gasteiger partial charge in [-0.1, -0.05) is 6.92 Å². The van der Waals surface area contributed by atoms with E-state index in [1.165, 1.54) is 24.0 Å². The Bertz CT molecular complexity index is 386. The molecule has 17 heavy (non-hydrogen) atoms. The molecule has 0 aromatic heterocycles. The molecule has 1 aliphatic rings. The van der Waals surface area contributed by atoms with Crippen molar-refractivity contribution in [2.24, 2.45) is 0 Å². The zero-order chi connectivity index (χ0) is 12.3. The first-order valence-electron chi connectivity index (χ1n) is 6.25. The molecule has 1 fully saturated rings. The third-order valence-electron chi connectivity index (χ3n) is 3.22. The molecule has 0 unspecified atom stereocenters. The van der Waals surface area contributed by atoms with E-state index in [1.54, 1.807) is 14.2 Å². The van der Waals surface area contributed by atoms with Gasteiger partial charge in [0.2, 0.25) is 0 Å². The maximum Gasteiger partial charge on any atom is 0.123 e. The van der Waals surface area contributed by atoms with Gasteiger partial charge in [0, 0.05) is 18.2 Å². The van der Waals surface area contributed by atoms with Crippen molar-refractivity contribution >= 4 is 0 Å². The van der Waals surface area contributed by atoms with Gasteiger partial charge in [0.1, 0.15) is 11.5 Å². The fourth-order valence-corrected chi connectivity index (χ4v) is 1.98. The second kappa shape index (κ2) is 5.41. The van der Waals surface area contributed by atoms with Crippen LogP contribution in [0.5, 0.6) is 11.5 Å². The van der Waals surface area contributed by atoms with Crippen LogP contribution in [-0.2, 0) is 13.0 Å². The predicted molar refractivity (Wildman–Crippen MR) is 68.8 cm³/mol. The molecule has 0 amide bonds. The van der Waals surface area contributed by atoms with Crippen LogP contribution in [0.1, 0.15) is 30.9 Å². The van der Waals surface area contributed by atoms with E-state index in [0.717, 1.165) is 24.5 Å². The third-order valence-corrected chi connectivity index (χ3v) is 3.22. The van der Waals surface area contributed by atoms with Gasteiger partial charge in [0.15, 0.2) is 0 Å². The van der Waals surface area contributed by atoms with Gasteiger partial charge in [-0.2, -0.15) is 0 Å². The second-order valence-corrected chi connectivity index (χ2v) is 4.48. The molecule has 1 aromatic carbocycles. The highest BCUT2D eigenvalue weighted by Crippen LogP contribution is 2.30. The molecule has 3 heteroatoms. The van der Waals surface area contributed by atoms with Crippen LogP contribution in [-0.4, -0.2) is 20.3 Å². The lowest BCUT2D eigenvalue weighted by molar-refractivity contribution is 0.393. The molecule has 1 aliphatic carbocycles. The summed E-state index contributed by atoms with van der Waals surface area (Å²) in [5.74, 6) is 1.91. The molecule has 1 aromatic rings. The average molecular weight is 235 g/mol. The molecule has 1 N–H and O–H groups in total. The minimum Gasteiger partial charge on any atom is -0.496 e. The minimum atomic E-state index is 0.705. The number of benzene rings is 1. The van der Waals surface area contributed by atoms with Crippen molar-refractivity contribution in [3.05, 3.63) is 23.3 Å². The van der Waals surface area contributed by atoms with Crippen LogP contribution in [0.2, 0.25) is 0 Å². The monoisotopic (exact) mass is 235 g/mol. The number of methoxy groups -OCH3 is 2. The first kappa shape index (κ1) is 12.2. The van der Waals surface area contributed by atoms with E-state index in [1.807, 2.05) is 0 Å². The molecule has 0 radical (unpaired) electrons. The summed E-state index contributed by atoms with van der Waals surface area (Å²) in [5, 5.41) is 3.50. The molecule has 0 spiro atoms. The van der Waals surface area contributed by atoms with Crippen LogP contribution < -0.4 is 14.8 Å². The number of hydrogen-bond acceptors (Lipinski definition) is 3. The smallest absolute Gasteiger partial charge is 0.123 e. The molecular weight excluding hydrogens is 214 g/mol. The zero-order valence-electron chi connectivity index (χ0n) is 10.9. The molecule has 0 atom stereocenters. The fraction of sp³-hybridized carbons (Fsp3) is 0.571. The summed E-state index contributed by atoms with van der Waals surface area (Å²) in [4.78, 5) is 0. The Hall–Kier alpha value is -1.22. The van der Waals surface area contributed by atoms with E-state index in [2.05, 4.69) is 24.4 Å². The summed E-state index contributed by atoms with van der Waals surface area (Å²) in [7, 11) is 3.45. The van der Waals surface area contributed by atoms with Crippen molar-refractivity contribution in [3.8, 4) is 11.5 Å². The standard InChI is InChI=1S/C14H21NO2/c1-4-10-7-14(17-3)11(8-13(10)16-2)9-15-12-5-6-12/h7-8,12,15H,4-6,9H2,1-3H3. The van der Waals surface area contributed by atoms with Gasteiger partial charge >= 0.3 is 0 Å². The highest BCUT2D eigenvalue weighted by Gasteiger charge is 2.21. The summed E-state index contributed by atoms with van der Waals surface area (Å²) in [6.07, 6.45) is 3.55. The number of rotatable bonds is 6. The predicted octanol–water partition coefficient (Wildman–Crippen LogP) is 2.52. The molecule has 94 valence electrons. The Labute approximate surface area is 103 Å². The van der Waals surface area contributed by atoms with Crippen molar-refractivity contribution in [2.45, 2.75) is 38.8 Å². The van der Waals surface area contributed by atoms with Gasteiger partial charge in [-0.05, 0) is 37.0 Å². The van der Waals surface area contributed by atoms with Crippen molar-refractivity contribution in [1.82, 2.24) is 5.32 Å². The van der Waals surface area contributed by atoms with Gasteiger partial charge in [0.05, 0.1) is 14.2 Å². The fourth-order valence-electron chi connectivity index (χ4n) is 1.98. The Morgan fingerprint density at radius 2 is 1.71 bits per heavy atom. The van der Waals surface area contributed by atoms with Crippen LogP contribution in [0.25, 0.3) is 0 Å². The van der Waals surface area contributed by atoms with E-state index in [0.29, 0.717) is 6.04 Å². The number of nitrogens with one attached hydrogen (secondary N) is 1. The van der Waals surface area contributed by atoms with Gasteiger partial charge in [-0.3, -0.25) is 0 Å². The van der Waals surface area contributed by atoms with Crippen LogP contribution in [0.3, 0.4) is 0 Å². The molecule has 2 rings (SSSR count). The maximum atomic E-state index is 5.44. The number of aryl methyl sites for hydroxylation is 1. The maximum absolute atomic E-state index is 5.44. The summed E-state index contributed by atoms with van der Waals surface area (Å²) < 4.78 is 10.9. The van der Waals surface area contributed by atoms with Gasteiger partial charge in [-0.15, -0.1) is 0 Å². The summed E-state index contributed by atoms with van der Waals surface area (Å²) in [6.45, 7) is 2.98. The topological polar surface area (TPSA) is 30.5 Å². The molecule has 0 saturated heterocycles. The van der Waals surface area contributed by atoms with Crippen molar-refractivity contribution < 1.29 is 9.47 Å². The SMILES string of the molecule is CCc1cc(OC)c(CNC2CC2)cc1OC. The summed E-state index contributed by atoms with van der Waals surface area (Å²) in [6, 6.07) is 4.88. The molecular formula is C14H21NO2. The lowest BCUT2D eigenvalue weighted by atomic mass is 10.1. The zero-order valence-corrected chi connectivity index (χ0v) is 10.9. The largest absolute Gasteiger partial charge is 0.496 e. The molecule has 0 bridgehead atoms. The van der Waals surface area contributed by atoms with Crippen LogP contribution >= 0.6 is 0 Å². The van der Waals surface area contributed by atoms with Crippen molar-refractivity contribution in [1.29, 1.82) is 0 Å². The Morgan fingerprint density at radius 3 is 2.24 bits per heavy atom. The lowest BCUT2D eigenvalue weighted by Gasteiger charge is -2.14. The van der Waals surface area contributed by atoms with E-state index >= 15 is 0 Å². The minimum absolute atomic E-state index is 0.705. The Morgan fingerprint density at radius 1 is 1.12 bits per heavy atom. The highest BCUT2D eigenvalue weighted by molar-refractivity contribution is 5.46. The van der Waals surface area contributed by atoms with Crippen LogP contribution in [0, 0.1) is 0 Å². The summed E-state index contributed by atoms with van der Waals surface area (Å²) in [5.41, 5.74) is 2.37. The average Bonchev–Trinajstić information content (AvgIpc) is 3.19. The van der Waals surface area contributed by atoms with Crippen LogP contribution in [0.15, 0.2) is 12.1 Å². The lowest BCUT2D eigenvalue weighted by Crippen LogP contribution is -2.16. The summed E-state index contributed by atoms with van der Waals surface area (Å²) >= 11 is 0. The first-order valence-corrected chi connectivity index (χ1v) is 6.25. The number of hydrogen-bond donors (Lipinski definition) is 1. The molecule has 3 nitrogen and oxygen atoms in total. The Kier molecular flexibility index (Phi) is 3.89. The number of ether oxygens (including phenoxy) is 2. The third kappa shape index (κ3) is 2.91. The van der Waals surface area contributed by atoms with Gasteiger partial charge in [0.25, 0.3) is 0 Å². The quantitative estimate of drug-likeness (QED) is 0.822. The van der Waals surface area contributed by atoms with E-state index in [-0.39, 0.29) is 0 Å². The molecule has 1 saturated carbocycles. The van der Waals surface area contributed by atoms with Gasteiger partial charge in [-0.25, -0.2) is 0 Å². The highest BCUT2D eigenvalue weighted by atomic mass is 16.5. The van der Waals surface area contributed by atoms with Gasteiger partial charge < -0.3 is 14.8 Å². The van der Waals surface area contributed by atoms with E-state index in [9.17, 15) is 0 Å². The Balaban J connectivity index is 2.20. The van der Waals surface area contributed by atoms with Crippen molar-refractivity contribution in [3.63, 3.8) is 0 Å². The molecule has 0 heterocycles. The van der Waals surface area contributed by atoms with E-state index < -0.39 is 0 Å². The molecule has 0 aliphatic heterocycles. The van der Waals surface area contributed by atoms with Crippen molar-refractivity contribution in [2.75, 3.05) is 14.2 Å². The first-order chi connectivity index (χ1) is 8.28.